The highest BCUT2D eigenvalue weighted by atomic mass is 79.9. The van der Waals surface area contributed by atoms with E-state index in [1.54, 1.807) is 12.4 Å². The van der Waals surface area contributed by atoms with Crippen molar-refractivity contribution in [1.29, 1.82) is 0 Å². The van der Waals surface area contributed by atoms with Gasteiger partial charge in [0.2, 0.25) is 0 Å². The maximum Gasteiger partial charge on any atom is 0.257 e. The number of carbonyl (C=O) groups is 1. The van der Waals surface area contributed by atoms with Crippen molar-refractivity contribution in [2.24, 2.45) is 0 Å². The molecule has 0 atom stereocenters. The topological polar surface area (TPSA) is 61.9 Å². The molecule has 0 saturated heterocycles. The molecule has 0 aliphatic carbocycles. The van der Waals surface area contributed by atoms with E-state index in [-0.39, 0.29) is 5.91 Å². The minimum Gasteiger partial charge on any atom is -0.357 e. The fourth-order valence-electron chi connectivity index (χ4n) is 3.73. The molecule has 1 aliphatic heterocycles. The Bertz CT molecular complexity index is 1170. The molecule has 1 amide bonds. The maximum absolute atomic E-state index is 13.0. The third-order valence-corrected chi connectivity index (χ3v) is 5.84. The Kier molecular flexibility index (Phi) is 4.20. The lowest BCUT2D eigenvalue weighted by molar-refractivity contribution is 0.0734. The number of fused-ring (bicyclic) bond motifs is 3. The molecule has 6 heteroatoms. The number of nitrogens with zero attached hydrogens (tertiary/aromatic N) is 3. The number of H-pyrrole nitrogens is 1. The van der Waals surface area contributed by atoms with Crippen LogP contribution in [-0.2, 0) is 13.0 Å². The molecule has 1 N–H and O–H groups in total. The van der Waals surface area contributed by atoms with Crippen molar-refractivity contribution < 1.29 is 4.79 Å². The molecule has 0 bridgehead atoms. The Hall–Kier alpha value is -2.99. The van der Waals surface area contributed by atoms with Crippen molar-refractivity contribution in [3.63, 3.8) is 0 Å². The van der Waals surface area contributed by atoms with Crippen molar-refractivity contribution in [2.75, 3.05) is 6.54 Å². The molecule has 0 spiro atoms. The number of benzene rings is 2. The first kappa shape index (κ1) is 17.1. The summed E-state index contributed by atoms with van der Waals surface area (Å²) in [7, 11) is 0. The van der Waals surface area contributed by atoms with Gasteiger partial charge in [0, 0.05) is 58.6 Å². The van der Waals surface area contributed by atoms with E-state index in [4.69, 9.17) is 0 Å². The van der Waals surface area contributed by atoms with E-state index >= 15 is 0 Å². The normalized spacial score (nSPS) is 13.5. The molecule has 1 aliphatic rings. The number of halogens is 1. The van der Waals surface area contributed by atoms with Gasteiger partial charge in [0.1, 0.15) is 0 Å². The number of aromatic nitrogens is 3. The van der Waals surface area contributed by atoms with Crippen LogP contribution in [0.1, 0.15) is 21.6 Å². The van der Waals surface area contributed by atoms with Gasteiger partial charge in [-0.1, -0.05) is 42.5 Å². The van der Waals surface area contributed by atoms with Gasteiger partial charge in [-0.05, 0) is 22.0 Å². The number of nitrogens with one attached hydrogen (secondary N) is 1. The first-order valence-corrected chi connectivity index (χ1v) is 9.94. The molecule has 4 aromatic rings. The summed E-state index contributed by atoms with van der Waals surface area (Å²) < 4.78 is 1.04. The third kappa shape index (κ3) is 2.90. The van der Waals surface area contributed by atoms with Crippen molar-refractivity contribution in [3.05, 3.63) is 82.2 Å². The zero-order chi connectivity index (χ0) is 19.1. The van der Waals surface area contributed by atoms with Crippen molar-refractivity contribution in [3.8, 4) is 11.4 Å². The molecule has 0 unspecified atom stereocenters. The Morgan fingerprint density at radius 1 is 1.04 bits per heavy atom. The second kappa shape index (κ2) is 6.87. The lowest BCUT2D eigenvalue weighted by Crippen LogP contribution is -2.35. The van der Waals surface area contributed by atoms with Gasteiger partial charge in [-0.25, -0.2) is 9.97 Å². The summed E-state index contributed by atoms with van der Waals surface area (Å²) >= 11 is 3.60. The summed E-state index contributed by atoms with van der Waals surface area (Å²) in [6.07, 6.45) is 4.06. The van der Waals surface area contributed by atoms with Gasteiger partial charge >= 0.3 is 0 Å². The van der Waals surface area contributed by atoms with Gasteiger partial charge in [-0.2, -0.15) is 0 Å². The standard InChI is InChI=1S/C22H17BrN4O/c23-18-8-4-7-16-17-13-27(10-9-19(17)26-20(16)18)22(28)15-11-24-21(25-12-15)14-5-2-1-3-6-14/h1-8,11-12,26H,9-10,13H2. The van der Waals surface area contributed by atoms with Crippen LogP contribution in [0.3, 0.4) is 0 Å². The van der Waals surface area contributed by atoms with Crippen LogP contribution in [0.15, 0.2) is 65.4 Å². The molecule has 138 valence electrons. The van der Waals surface area contributed by atoms with E-state index in [9.17, 15) is 4.79 Å². The third-order valence-electron chi connectivity index (χ3n) is 5.18. The largest absolute Gasteiger partial charge is 0.357 e. The summed E-state index contributed by atoms with van der Waals surface area (Å²) in [4.78, 5) is 27.2. The summed E-state index contributed by atoms with van der Waals surface area (Å²) in [5, 5.41) is 1.16. The van der Waals surface area contributed by atoms with Gasteiger partial charge in [-0.3, -0.25) is 4.79 Å². The zero-order valence-electron chi connectivity index (χ0n) is 15.0. The molecule has 0 saturated carbocycles. The summed E-state index contributed by atoms with van der Waals surface area (Å²) in [5.41, 5.74) is 4.95. The van der Waals surface area contributed by atoms with E-state index in [1.807, 2.05) is 47.4 Å². The Labute approximate surface area is 170 Å². The van der Waals surface area contributed by atoms with Crippen LogP contribution in [0.5, 0.6) is 0 Å². The van der Waals surface area contributed by atoms with E-state index in [2.05, 4.69) is 36.9 Å². The van der Waals surface area contributed by atoms with E-state index in [0.29, 0.717) is 24.5 Å². The van der Waals surface area contributed by atoms with Gasteiger partial charge < -0.3 is 9.88 Å². The minimum atomic E-state index is -0.0328. The number of rotatable bonds is 2. The summed E-state index contributed by atoms with van der Waals surface area (Å²) in [6.45, 7) is 1.27. The lowest BCUT2D eigenvalue weighted by atomic mass is 10.0. The van der Waals surface area contributed by atoms with E-state index in [1.165, 1.54) is 11.3 Å². The quantitative estimate of drug-likeness (QED) is 0.503. The Balaban J connectivity index is 1.41. The van der Waals surface area contributed by atoms with Crippen molar-refractivity contribution in [2.45, 2.75) is 13.0 Å². The molecule has 5 nitrogen and oxygen atoms in total. The fourth-order valence-corrected chi connectivity index (χ4v) is 4.20. The SMILES string of the molecule is O=C(c1cnc(-c2ccccc2)nc1)N1CCc2[nH]c3c(Br)cccc3c2C1. The number of aromatic amines is 1. The zero-order valence-corrected chi connectivity index (χ0v) is 16.6. The number of carbonyl (C=O) groups excluding carboxylic acids is 1. The molecule has 5 rings (SSSR count). The first-order chi connectivity index (χ1) is 13.7. The van der Waals surface area contributed by atoms with Crippen LogP contribution in [0.2, 0.25) is 0 Å². The van der Waals surface area contributed by atoms with Crippen LogP contribution in [0.25, 0.3) is 22.3 Å². The van der Waals surface area contributed by atoms with Gasteiger partial charge in [0.15, 0.2) is 5.82 Å². The van der Waals surface area contributed by atoms with Crippen molar-refractivity contribution in [1.82, 2.24) is 19.9 Å². The number of para-hydroxylation sites is 1. The molecule has 0 fully saturated rings. The highest BCUT2D eigenvalue weighted by Gasteiger charge is 2.25. The first-order valence-electron chi connectivity index (χ1n) is 9.15. The second-order valence-corrected chi connectivity index (χ2v) is 7.74. The minimum absolute atomic E-state index is 0.0328. The van der Waals surface area contributed by atoms with Crippen molar-refractivity contribution >= 4 is 32.7 Å². The van der Waals surface area contributed by atoms with Crippen LogP contribution in [0.4, 0.5) is 0 Å². The lowest BCUT2D eigenvalue weighted by Gasteiger charge is -2.27. The highest BCUT2D eigenvalue weighted by Crippen LogP contribution is 2.32. The molecule has 0 radical (unpaired) electrons. The number of hydrogen-bond donors (Lipinski definition) is 1. The van der Waals surface area contributed by atoms with Crippen LogP contribution >= 0.6 is 15.9 Å². The molecular weight excluding hydrogens is 416 g/mol. The number of amides is 1. The van der Waals surface area contributed by atoms with Crippen LogP contribution in [0, 0.1) is 0 Å². The predicted molar refractivity (Wildman–Crippen MR) is 112 cm³/mol. The second-order valence-electron chi connectivity index (χ2n) is 6.88. The molecular formula is C22H17BrN4O. The van der Waals surface area contributed by atoms with Gasteiger partial charge in [-0.15, -0.1) is 0 Å². The average Bonchev–Trinajstić information content (AvgIpc) is 3.13. The molecule has 3 heterocycles. The smallest absolute Gasteiger partial charge is 0.257 e. The Morgan fingerprint density at radius 3 is 2.61 bits per heavy atom. The van der Waals surface area contributed by atoms with E-state index in [0.717, 1.165) is 27.4 Å². The molecule has 28 heavy (non-hydrogen) atoms. The van der Waals surface area contributed by atoms with Crippen LogP contribution in [-0.4, -0.2) is 32.3 Å². The monoisotopic (exact) mass is 432 g/mol. The summed E-state index contributed by atoms with van der Waals surface area (Å²) in [6, 6.07) is 15.9. The number of hydrogen-bond acceptors (Lipinski definition) is 3. The van der Waals surface area contributed by atoms with Gasteiger partial charge in [0.25, 0.3) is 5.91 Å². The Morgan fingerprint density at radius 2 is 1.82 bits per heavy atom. The fraction of sp³-hybridized carbons (Fsp3) is 0.136. The molecule has 2 aromatic carbocycles. The molecule has 2 aromatic heterocycles. The van der Waals surface area contributed by atoms with Crippen LogP contribution < -0.4 is 0 Å². The highest BCUT2D eigenvalue weighted by molar-refractivity contribution is 9.10. The van der Waals surface area contributed by atoms with Gasteiger partial charge in [0.05, 0.1) is 11.1 Å². The average molecular weight is 433 g/mol. The maximum atomic E-state index is 13.0. The predicted octanol–water partition coefficient (Wildman–Crippen LogP) is 4.59. The summed E-state index contributed by atoms with van der Waals surface area (Å²) in [5.74, 6) is 0.592. The van der Waals surface area contributed by atoms with E-state index < -0.39 is 0 Å².